The molecule has 13 heavy (non-hydrogen) atoms. The summed E-state index contributed by atoms with van der Waals surface area (Å²) in [5.41, 5.74) is 8.12. The normalized spacial score (nSPS) is 38.0. The van der Waals surface area contributed by atoms with E-state index in [0.717, 1.165) is 25.9 Å². The van der Waals surface area contributed by atoms with Crippen LogP contribution in [0.1, 0.15) is 19.3 Å². The third-order valence-electron chi connectivity index (χ3n) is 2.75. The molecule has 5 heteroatoms. The standard InChI is InChI=1S/C8H13N3O2/c9-11-10-5-7-1-2-8(13-7)3-4-12-6-8/h7H,1-6H2/t7-,8+/m0/s1. The second-order valence-electron chi connectivity index (χ2n) is 3.68. The Morgan fingerprint density at radius 2 is 2.46 bits per heavy atom. The summed E-state index contributed by atoms with van der Waals surface area (Å²) < 4.78 is 11.1. The molecule has 0 aromatic rings. The molecule has 0 bridgehead atoms. The third kappa shape index (κ3) is 1.77. The average molecular weight is 183 g/mol. The fourth-order valence-electron chi connectivity index (χ4n) is 2.03. The topological polar surface area (TPSA) is 67.2 Å². The lowest BCUT2D eigenvalue weighted by Gasteiger charge is -2.21. The molecule has 2 aliphatic heterocycles. The van der Waals surface area contributed by atoms with Gasteiger partial charge in [0.1, 0.15) is 0 Å². The third-order valence-corrected chi connectivity index (χ3v) is 2.75. The summed E-state index contributed by atoms with van der Waals surface area (Å²) in [5.74, 6) is 0. The molecule has 0 aromatic heterocycles. The molecule has 72 valence electrons. The molecular formula is C8H13N3O2. The van der Waals surface area contributed by atoms with Crippen molar-refractivity contribution in [2.75, 3.05) is 19.8 Å². The van der Waals surface area contributed by atoms with Gasteiger partial charge in [0.15, 0.2) is 0 Å². The Balaban J connectivity index is 1.89. The Kier molecular flexibility index (Phi) is 2.40. The first-order valence-corrected chi connectivity index (χ1v) is 4.61. The first-order valence-electron chi connectivity index (χ1n) is 4.61. The first-order chi connectivity index (χ1) is 6.35. The van der Waals surface area contributed by atoms with Crippen LogP contribution in [0.15, 0.2) is 5.11 Å². The van der Waals surface area contributed by atoms with E-state index in [1.54, 1.807) is 0 Å². The lowest BCUT2D eigenvalue weighted by atomic mass is 9.99. The van der Waals surface area contributed by atoms with Gasteiger partial charge in [0.2, 0.25) is 0 Å². The van der Waals surface area contributed by atoms with Crippen molar-refractivity contribution in [2.45, 2.75) is 31.0 Å². The van der Waals surface area contributed by atoms with Gasteiger partial charge in [-0.3, -0.25) is 0 Å². The minimum absolute atomic E-state index is 0.0460. The van der Waals surface area contributed by atoms with Gasteiger partial charge in [-0.1, -0.05) is 5.11 Å². The van der Waals surface area contributed by atoms with Gasteiger partial charge < -0.3 is 9.47 Å². The molecule has 1 spiro atoms. The molecule has 2 aliphatic rings. The molecule has 0 aliphatic carbocycles. The minimum Gasteiger partial charge on any atom is -0.378 e. The Hall–Kier alpha value is -0.770. The van der Waals surface area contributed by atoms with Crippen molar-refractivity contribution in [2.24, 2.45) is 5.11 Å². The molecule has 0 N–H and O–H groups in total. The molecule has 2 fully saturated rings. The zero-order valence-electron chi connectivity index (χ0n) is 7.48. The highest BCUT2D eigenvalue weighted by Crippen LogP contribution is 2.36. The molecule has 2 heterocycles. The predicted molar refractivity (Wildman–Crippen MR) is 46.3 cm³/mol. The number of azide groups is 1. The zero-order valence-corrected chi connectivity index (χ0v) is 7.48. The number of nitrogens with zero attached hydrogens (tertiary/aromatic N) is 3. The van der Waals surface area contributed by atoms with Gasteiger partial charge in [-0.25, -0.2) is 0 Å². The van der Waals surface area contributed by atoms with Crippen LogP contribution in [-0.2, 0) is 9.47 Å². The van der Waals surface area contributed by atoms with Crippen LogP contribution in [0.25, 0.3) is 10.4 Å². The van der Waals surface area contributed by atoms with Crippen molar-refractivity contribution < 1.29 is 9.47 Å². The van der Waals surface area contributed by atoms with Gasteiger partial charge in [-0.05, 0) is 18.4 Å². The van der Waals surface area contributed by atoms with Crippen molar-refractivity contribution in [3.05, 3.63) is 10.4 Å². The summed E-state index contributed by atoms with van der Waals surface area (Å²) in [5, 5.41) is 3.52. The van der Waals surface area contributed by atoms with Gasteiger partial charge in [0.25, 0.3) is 0 Å². The lowest BCUT2D eigenvalue weighted by molar-refractivity contribution is -0.0406. The van der Waals surface area contributed by atoms with Gasteiger partial charge in [-0.15, -0.1) is 0 Å². The van der Waals surface area contributed by atoms with E-state index >= 15 is 0 Å². The number of hydrogen-bond donors (Lipinski definition) is 0. The Morgan fingerprint density at radius 1 is 1.54 bits per heavy atom. The summed E-state index contributed by atoms with van der Waals surface area (Å²) in [7, 11) is 0. The first kappa shape index (κ1) is 8.81. The second-order valence-corrected chi connectivity index (χ2v) is 3.68. The van der Waals surface area contributed by atoms with E-state index in [-0.39, 0.29) is 11.7 Å². The molecule has 0 aromatic carbocycles. The van der Waals surface area contributed by atoms with Gasteiger partial charge in [0, 0.05) is 17.9 Å². The average Bonchev–Trinajstić information content (AvgIpc) is 2.74. The highest BCUT2D eigenvalue weighted by atomic mass is 16.6. The van der Waals surface area contributed by atoms with Gasteiger partial charge in [0.05, 0.1) is 24.9 Å². The Morgan fingerprint density at radius 3 is 3.15 bits per heavy atom. The summed E-state index contributed by atoms with van der Waals surface area (Å²) in [6.07, 6.45) is 3.12. The maximum Gasteiger partial charge on any atom is 0.0941 e. The molecule has 2 rings (SSSR count). The van der Waals surface area contributed by atoms with Crippen LogP contribution >= 0.6 is 0 Å². The van der Waals surface area contributed by atoms with Gasteiger partial charge >= 0.3 is 0 Å². The molecule has 2 atom stereocenters. The highest BCUT2D eigenvalue weighted by Gasteiger charge is 2.42. The van der Waals surface area contributed by atoms with Crippen LogP contribution in [0, 0.1) is 0 Å². The Labute approximate surface area is 76.6 Å². The SMILES string of the molecule is [N-]=[N+]=NC[C@@H]1CC[C@]2(CCOC2)O1. The maximum atomic E-state index is 8.16. The van der Waals surface area contributed by atoms with Crippen molar-refractivity contribution in [3.63, 3.8) is 0 Å². The summed E-state index contributed by atoms with van der Waals surface area (Å²) in [6, 6.07) is 0. The minimum atomic E-state index is -0.0460. The van der Waals surface area contributed by atoms with Crippen LogP contribution < -0.4 is 0 Å². The van der Waals surface area contributed by atoms with E-state index < -0.39 is 0 Å². The fourth-order valence-corrected chi connectivity index (χ4v) is 2.03. The van der Waals surface area contributed by atoms with Crippen LogP contribution in [0.2, 0.25) is 0 Å². The largest absolute Gasteiger partial charge is 0.378 e. The van der Waals surface area contributed by atoms with Crippen LogP contribution in [0.5, 0.6) is 0 Å². The van der Waals surface area contributed by atoms with Crippen LogP contribution in [0.4, 0.5) is 0 Å². The van der Waals surface area contributed by atoms with E-state index in [4.69, 9.17) is 15.0 Å². The summed E-state index contributed by atoms with van der Waals surface area (Å²) in [6.45, 7) is 1.96. The van der Waals surface area contributed by atoms with Crippen molar-refractivity contribution in [1.82, 2.24) is 0 Å². The predicted octanol–water partition coefficient (Wildman–Crippen LogP) is 1.63. The Bertz CT molecular complexity index is 232. The van der Waals surface area contributed by atoms with E-state index in [0.29, 0.717) is 13.2 Å². The van der Waals surface area contributed by atoms with E-state index in [1.165, 1.54) is 0 Å². The van der Waals surface area contributed by atoms with Gasteiger partial charge in [-0.2, -0.15) is 0 Å². The van der Waals surface area contributed by atoms with Crippen LogP contribution in [0.3, 0.4) is 0 Å². The molecular weight excluding hydrogens is 170 g/mol. The van der Waals surface area contributed by atoms with Crippen molar-refractivity contribution in [3.8, 4) is 0 Å². The monoisotopic (exact) mass is 183 g/mol. The second kappa shape index (κ2) is 3.54. The zero-order chi connectivity index (χ0) is 9.15. The molecule has 0 unspecified atom stereocenters. The molecule has 0 amide bonds. The number of rotatable bonds is 2. The summed E-state index contributed by atoms with van der Waals surface area (Å²) >= 11 is 0. The molecule has 2 saturated heterocycles. The fraction of sp³-hybridized carbons (Fsp3) is 1.00. The smallest absolute Gasteiger partial charge is 0.0941 e. The van der Waals surface area contributed by atoms with Crippen LogP contribution in [-0.4, -0.2) is 31.5 Å². The lowest BCUT2D eigenvalue weighted by Crippen LogP contribution is -2.29. The van der Waals surface area contributed by atoms with Crippen molar-refractivity contribution >= 4 is 0 Å². The summed E-state index contributed by atoms with van der Waals surface area (Å²) in [4.78, 5) is 2.73. The molecule has 0 saturated carbocycles. The number of ether oxygens (including phenoxy) is 2. The quantitative estimate of drug-likeness (QED) is 0.371. The highest BCUT2D eigenvalue weighted by molar-refractivity contribution is 4.92. The van der Waals surface area contributed by atoms with E-state index in [9.17, 15) is 0 Å². The number of hydrogen-bond acceptors (Lipinski definition) is 3. The van der Waals surface area contributed by atoms with Crippen molar-refractivity contribution in [1.29, 1.82) is 0 Å². The van der Waals surface area contributed by atoms with E-state index in [1.807, 2.05) is 0 Å². The molecule has 0 radical (unpaired) electrons. The molecule has 5 nitrogen and oxygen atoms in total. The van der Waals surface area contributed by atoms with E-state index in [2.05, 4.69) is 10.0 Å². The maximum absolute atomic E-state index is 8.16.